The van der Waals surface area contributed by atoms with Gasteiger partial charge in [0.25, 0.3) is 5.56 Å². The van der Waals surface area contributed by atoms with Crippen molar-refractivity contribution in [2.24, 2.45) is 0 Å². The number of carboxylic acids is 1. The van der Waals surface area contributed by atoms with Gasteiger partial charge in [0.1, 0.15) is 0 Å². The molecule has 1 N–H and O–H groups in total. The molecular formula is C25H24ClN3O3. The van der Waals surface area contributed by atoms with Crippen molar-refractivity contribution in [1.29, 1.82) is 0 Å². The maximum absolute atomic E-state index is 13.3. The van der Waals surface area contributed by atoms with Crippen LogP contribution >= 0.6 is 11.6 Å². The molecule has 2 aromatic heterocycles. The minimum absolute atomic E-state index is 0.153. The Hall–Kier alpha value is -3.38. The molecule has 0 fully saturated rings. The first kappa shape index (κ1) is 21.8. The molecule has 2 aromatic carbocycles. The second-order valence-corrected chi connectivity index (χ2v) is 8.28. The number of aromatic nitrogens is 3. The van der Waals surface area contributed by atoms with Crippen LogP contribution in [0.3, 0.4) is 0 Å². The van der Waals surface area contributed by atoms with Crippen LogP contribution in [0.4, 0.5) is 0 Å². The summed E-state index contributed by atoms with van der Waals surface area (Å²) in [5.41, 5.74) is 3.01. The largest absolute Gasteiger partial charge is 0.478 e. The lowest BCUT2D eigenvalue weighted by molar-refractivity contribution is 0.0696. The molecule has 32 heavy (non-hydrogen) atoms. The highest BCUT2D eigenvalue weighted by Gasteiger charge is 2.14. The van der Waals surface area contributed by atoms with Gasteiger partial charge in [-0.25, -0.2) is 9.78 Å². The van der Waals surface area contributed by atoms with E-state index in [1.165, 1.54) is 0 Å². The van der Waals surface area contributed by atoms with Crippen LogP contribution in [0.25, 0.3) is 17.0 Å². The number of halogens is 1. The van der Waals surface area contributed by atoms with Crippen molar-refractivity contribution in [2.75, 3.05) is 0 Å². The van der Waals surface area contributed by atoms with E-state index >= 15 is 0 Å². The fourth-order valence-corrected chi connectivity index (χ4v) is 3.92. The summed E-state index contributed by atoms with van der Waals surface area (Å²) in [4.78, 5) is 29.4. The summed E-state index contributed by atoms with van der Waals surface area (Å²) < 4.78 is 3.61. The Morgan fingerprint density at radius 1 is 1.09 bits per heavy atom. The van der Waals surface area contributed by atoms with Crippen LogP contribution in [0, 0.1) is 0 Å². The van der Waals surface area contributed by atoms with Crippen molar-refractivity contribution < 1.29 is 9.90 Å². The summed E-state index contributed by atoms with van der Waals surface area (Å²) in [6.07, 6.45) is 7.12. The molecule has 0 aliphatic rings. The number of aryl methyl sites for hydroxylation is 1. The number of hydrogen-bond donors (Lipinski definition) is 1. The number of rotatable bonds is 8. The van der Waals surface area contributed by atoms with Crippen molar-refractivity contribution >= 4 is 23.3 Å². The van der Waals surface area contributed by atoms with Gasteiger partial charge >= 0.3 is 5.97 Å². The van der Waals surface area contributed by atoms with Crippen LogP contribution in [-0.4, -0.2) is 25.0 Å². The number of imidazole rings is 1. The molecule has 0 aliphatic carbocycles. The fraction of sp³-hybridized carbons (Fsp3) is 0.240. The number of unbranched alkanes of at least 4 members (excludes halogenated alkanes) is 2. The number of aromatic carboxylic acids is 1. The van der Waals surface area contributed by atoms with Gasteiger partial charge in [-0.05, 0) is 36.2 Å². The summed E-state index contributed by atoms with van der Waals surface area (Å²) in [5, 5.41) is 9.92. The van der Waals surface area contributed by atoms with Crippen LogP contribution in [0.15, 0.2) is 65.7 Å². The zero-order valence-electron chi connectivity index (χ0n) is 17.8. The molecule has 0 radical (unpaired) electrons. The smallest absolute Gasteiger partial charge is 0.335 e. The molecule has 0 amide bonds. The predicted molar refractivity (Wildman–Crippen MR) is 126 cm³/mol. The van der Waals surface area contributed by atoms with Crippen molar-refractivity contribution in [2.45, 2.75) is 39.2 Å². The second-order valence-electron chi connectivity index (χ2n) is 7.85. The molecule has 4 aromatic rings. The van der Waals surface area contributed by atoms with Gasteiger partial charge in [0.2, 0.25) is 5.78 Å². The van der Waals surface area contributed by atoms with Crippen LogP contribution in [0.2, 0.25) is 5.02 Å². The number of hydrogen-bond acceptors (Lipinski definition) is 3. The summed E-state index contributed by atoms with van der Waals surface area (Å²) in [7, 11) is 0. The molecule has 0 saturated heterocycles. The molecule has 0 bridgehead atoms. The standard InChI is InChI=1S/C25H24ClN3O3/c1-2-3-4-12-28-15-20(14-17-6-5-7-19(13-17)24(31)32)23(30)29-16-22(27-25(28)29)18-8-10-21(26)11-9-18/h5-11,13,15-16H,2-4,12,14H2,1H3,(H,31,32). The normalized spacial score (nSPS) is 11.2. The molecule has 6 nitrogen and oxygen atoms in total. The summed E-state index contributed by atoms with van der Waals surface area (Å²) in [6, 6.07) is 14.1. The molecule has 7 heteroatoms. The Labute approximate surface area is 190 Å². The molecule has 164 valence electrons. The highest BCUT2D eigenvalue weighted by Crippen LogP contribution is 2.21. The van der Waals surface area contributed by atoms with Crippen molar-refractivity contribution in [3.05, 3.63) is 93.0 Å². The first-order valence-electron chi connectivity index (χ1n) is 10.7. The Morgan fingerprint density at radius 3 is 2.59 bits per heavy atom. The van der Waals surface area contributed by atoms with E-state index in [9.17, 15) is 14.7 Å². The lowest BCUT2D eigenvalue weighted by atomic mass is 10.0. The Kier molecular flexibility index (Phi) is 6.42. The molecule has 0 aliphatic heterocycles. The van der Waals surface area contributed by atoms with E-state index < -0.39 is 5.97 Å². The Bertz CT molecular complexity index is 1320. The average molecular weight is 450 g/mol. The van der Waals surface area contributed by atoms with E-state index in [0.717, 1.165) is 36.9 Å². The van der Waals surface area contributed by atoms with Crippen molar-refractivity contribution in [1.82, 2.24) is 14.0 Å². The lowest BCUT2D eigenvalue weighted by Gasteiger charge is -2.11. The minimum Gasteiger partial charge on any atom is -0.478 e. The number of carbonyl (C=O) groups is 1. The summed E-state index contributed by atoms with van der Waals surface area (Å²) in [5.74, 6) is -0.388. The maximum atomic E-state index is 13.3. The highest BCUT2D eigenvalue weighted by molar-refractivity contribution is 6.30. The van der Waals surface area contributed by atoms with Crippen LogP contribution in [0.1, 0.15) is 47.7 Å². The highest BCUT2D eigenvalue weighted by atomic mass is 35.5. The fourth-order valence-electron chi connectivity index (χ4n) is 3.79. The van der Waals surface area contributed by atoms with E-state index in [0.29, 0.717) is 28.5 Å². The molecule has 0 unspecified atom stereocenters. The third-order valence-corrected chi connectivity index (χ3v) is 5.71. The molecular weight excluding hydrogens is 426 g/mol. The van der Waals surface area contributed by atoms with Crippen LogP contribution in [-0.2, 0) is 13.0 Å². The average Bonchev–Trinajstić information content (AvgIpc) is 3.23. The lowest BCUT2D eigenvalue weighted by Crippen LogP contribution is -2.22. The van der Waals surface area contributed by atoms with Gasteiger partial charge in [0.15, 0.2) is 0 Å². The van der Waals surface area contributed by atoms with Crippen LogP contribution < -0.4 is 5.56 Å². The van der Waals surface area contributed by atoms with E-state index in [1.54, 1.807) is 40.9 Å². The van der Waals surface area contributed by atoms with Gasteiger partial charge in [0, 0.05) is 41.5 Å². The molecule has 4 rings (SSSR count). The zero-order chi connectivity index (χ0) is 22.7. The van der Waals surface area contributed by atoms with Gasteiger partial charge in [-0.2, -0.15) is 0 Å². The number of carboxylic acid groups (broad SMARTS) is 1. The van der Waals surface area contributed by atoms with Gasteiger partial charge in [-0.15, -0.1) is 0 Å². The third kappa shape index (κ3) is 4.60. The van der Waals surface area contributed by atoms with Crippen molar-refractivity contribution in [3.63, 3.8) is 0 Å². The first-order chi connectivity index (χ1) is 15.5. The minimum atomic E-state index is -0.985. The Morgan fingerprint density at radius 2 is 1.88 bits per heavy atom. The number of nitrogens with zero attached hydrogens (tertiary/aromatic N) is 3. The summed E-state index contributed by atoms with van der Waals surface area (Å²) >= 11 is 6.01. The zero-order valence-corrected chi connectivity index (χ0v) is 18.5. The SMILES string of the molecule is CCCCCn1cc(Cc2cccc(C(=O)O)c2)c(=O)n2cc(-c3ccc(Cl)cc3)nc12. The van der Waals surface area contributed by atoms with E-state index in [1.807, 2.05) is 29.0 Å². The molecule has 0 atom stereocenters. The molecule has 2 heterocycles. The number of fused-ring (bicyclic) bond motifs is 1. The molecule has 0 saturated carbocycles. The van der Waals surface area contributed by atoms with Gasteiger partial charge in [-0.3, -0.25) is 9.20 Å². The van der Waals surface area contributed by atoms with Gasteiger partial charge < -0.3 is 9.67 Å². The quantitative estimate of drug-likeness (QED) is 0.370. The van der Waals surface area contributed by atoms with Crippen LogP contribution in [0.5, 0.6) is 0 Å². The predicted octanol–water partition coefficient (Wildman–Crippen LogP) is 5.30. The van der Waals surface area contributed by atoms with E-state index in [2.05, 4.69) is 6.92 Å². The first-order valence-corrected chi connectivity index (χ1v) is 11.0. The second kappa shape index (κ2) is 9.40. The monoisotopic (exact) mass is 449 g/mol. The maximum Gasteiger partial charge on any atom is 0.335 e. The van der Waals surface area contributed by atoms with Gasteiger partial charge in [-0.1, -0.05) is 55.6 Å². The molecule has 0 spiro atoms. The van der Waals surface area contributed by atoms with E-state index in [4.69, 9.17) is 16.6 Å². The third-order valence-electron chi connectivity index (χ3n) is 5.46. The topological polar surface area (TPSA) is 76.6 Å². The van der Waals surface area contributed by atoms with Crippen molar-refractivity contribution in [3.8, 4) is 11.3 Å². The Balaban J connectivity index is 1.79. The number of benzene rings is 2. The van der Waals surface area contributed by atoms with Gasteiger partial charge in [0.05, 0.1) is 11.3 Å². The summed E-state index contributed by atoms with van der Waals surface area (Å²) in [6.45, 7) is 2.90. The van der Waals surface area contributed by atoms with E-state index in [-0.39, 0.29) is 11.1 Å².